The molecule has 166 valence electrons. The maximum Gasteiger partial charge on any atom is 0.272 e. The van der Waals surface area contributed by atoms with Crippen LogP contribution in [0.3, 0.4) is 0 Å². The number of para-hydroxylation sites is 1. The third-order valence-corrected chi connectivity index (χ3v) is 5.96. The van der Waals surface area contributed by atoms with Crippen molar-refractivity contribution in [3.63, 3.8) is 0 Å². The smallest absolute Gasteiger partial charge is 0.272 e. The van der Waals surface area contributed by atoms with Gasteiger partial charge in [-0.2, -0.15) is 5.10 Å². The molecule has 3 aromatic heterocycles. The van der Waals surface area contributed by atoms with Gasteiger partial charge in [0.25, 0.3) is 5.91 Å². The van der Waals surface area contributed by atoms with Gasteiger partial charge in [-0.05, 0) is 64.8 Å². The second kappa shape index (κ2) is 8.55. The quantitative estimate of drug-likeness (QED) is 0.431. The van der Waals surface area contributed by atoms with E-state index in [9.17, 15) is 4.79 Å². The molecule has 33 heavy (non-hydrogen) atoms. The van der Waals surface area contributed by atoms with E-state index in [1.807, 2.05) is 53.3 Å². The molecule has 0 bridgehead atoms. The lowest BCUT2D eigenvalue weighted by molar-refractivity contribution is -0.113. The molecule has 0 atom stereocenters. The number of carbonyl (C=O) groups excluding carboxylic acids is 1. The van der Waals surface area contributed by atoms with Crippen molar-refractivity contribution < 1.29 is 9.42 Å². The fourth-order valence-corrected chi connectivity index (χ4v) is 4.41. The minimum Gasteiger partial charge on any atom is -0.303 e. The topological polar surface area (TPSA) is 106 Å². The van der Waals surface area contributed by atoms with Crippen LogP contribution in [0.5, 0.6) is 0 Å². The van der Waals surface area contributed by atoms with E-state index >= 15 is 0 Å². The molecule has 1 aliphatic rings. The summed E-state index contributed by atoms with van der Waals surface area (Å²) in [5.74, 6) is 0.572. The van der Waals surface area contributed by atoms with E-state index in [4.69, 9.17) is 15.1 Å². The van der Waals surface area contributed by atoms with Crippen LogP contribution in [0.1, 0.15) is 25.1 Å². The molecule has 1 aliphatic heterocycles. The van der Waals surface area contributed by atoms with Crippen molar-refractivity contribution in [2.24, 2.45) is 5.92 Å². The summed E-state index contributed by atoms with van der Waals surface area (Å²) in [6.07, 6.45) is 8.03. The van der Waals surface area contributed by atoms with Crippen LogP contribution in [-0.2, 0) is 11.2 Å². The lowest BCUT2D eigenvalue weighted by atomic mass is 10.1. The summed E-state index contributed by atoms with van der Waals surface area (Å²) in [6, 6.07) is 13.5. The first-order valence-corrected chi connectivity index (χ1v) is 11.3. The maximum atomic E-state index is 13.3. The summed E-state index contributed by atoms with van der Waals surface area (Å²) in [6.45, 7) is 4.26. The number of anilines is 1. The van der Waals surface area contributed by atoms with Crippen molar-refractivity contribution >= 4 is 34.7 Å². The second-order valence-corrected chi connectivity index (χ2v) is 9.00. The Morgan fingerprint density at radius 1 is 1.09 bits per heavy atom. The van der Waals surface area contributed by atoms with Gasteiger partial charge in [0.15, 0.2) is 5.17 Å². The number of benzene rings is 1. The Morgan fingerprint density at radius 2 is 1.82 bits per heavy atom. The van der Waals surface area contributed by atoms with E-state index in [2.05, 4.69) is 24.2 Å². The number of aromatic nitrogens is 5. The van der Waals surface area contributed by atoms with Crippen LogP contribution in [-0.4, -0.2) is 35.7 Å². The summed E-state index contributed by atoms with van der Waals surface area (Å²) in [5.41, 5.74) is 2.69. The number of nitrogens with zero attached hydrogens (tertiary/aromatic N) is 6. The zero-order chi connectivity index (χ0) is 22.9. The molecule has 0 spiro atoms. The number of thioether (sulfide) groups is 1. The van der Waals surface area contributed by atoms with Gasteiger partial charge in [-0.1, -0.05) is 32.0 Å². The van der Waals surface area contributed by atoms with Crippen molar-refractivity contribution in [2.75, 3.05) is 4.90 Å². The molecule has 5 rings (SSSR count). The number of carbonyl (C=O) groups is 1. The number of amidine groups is 1. The highest BCUT2D eigenvalue weighted by Gasteiger charge is 2.38. The Morgan fingerprint density at radius 3 is 2.55 bits per heavy atom. The van der Waals surface area contributed by atoms with Crippen molar-refractivity contribution in [3.05, 3.63) is 77.2 Å². The number of nitrogens with one attached hydrogen (secondary N) is 1. The molecule has 10 heteroatoms. The first-order chi connectivity index (χ1) is 16.0. The highest BCUT2D eigenvalue weighted by atomic mass is 32.2. The highest BCUT2D eigenvalue weighted by molar-refractivity contribution is 8.19. The summed E-state index contributed by atoms with van der Waals surface area (Å²) >= 11 is 1.08. The number of amides is 1. The van der Waals surface area contributed by atoms with Crippen LogP contribution < -0.4 is 4.90 Å². The van der Waals surface area contributed by atoms with Gasteiger partial charge in [-0.25, -0.2) is 14.2 Å². The molecule has 0 aliphatic carbocycles. The molecule has 0 radical (unpaired) electrons. The molecule has 4 aromatic rings. The Hall–Kier alpha value is -3.92. The molecule has 0 unspecified atom stereocenters. The molecule has 0 saturated carbocycles. The van der Waals surface area contributed by atoms with Crippen molar-refractivity contribution in [1.29, 1.82) is 5.41 Å². The van der Waals surface area contributed by atoms with Gasteiger partial charge in [0.2, 0.25) is 11.6 Å². The largest absolute Gasteiger partial charge is 0.303 e. The van der Waals surface area contributed by atoms with Gasteiger partial charge in [0.1, 0.15) is 0 Å². The van der Waals surface area contributed by atoms with Gasteiger partial charge in [0, 0.05) is 24.2 Å². The Bertz CT molecular complexity index is 1340. The fraction of sp³-hybridized carbons (Fsp3) is 0.174. The predicted molar refractivity (Wildman–Crippen MR) is 127 cm³/mol. The first kappa shape index (κ1) is 21.0. The molecular weight excluding hydrogens is 438 g/mol. The zero-order valence-electron chi connectivity index (χ0n) is 18.0. The van der Waals surface area contributed by atoms with Crippen LogP contribution in [0.15, 0.2) is 70.6 Å². The minimum absolute atomic E-state index is 0.0382. The molecule has 1 fully saturated rings. The molecule has 1 N–H and O–H groups in total. The van der Waals surface area contributed by atoms with Gasteiger partial charge < -0.3 is 4.57 Å². The van der Waals surface area contributed by atoms with E-state index in [-0.39, 0.29) is 16.9 Å². The molecule has 1 amide bonds. The summed E-state index contributed by atoms with van der Waals surface area (Å²) < 4.78 is 8.40. The monoisotopic (exact) mass is 459 g/mol. The van der Waals surface area contributed by atoms with E-state index in [1.54, 1.807) is 23.0 Å². The van der Waals surface area contributed by atoms with Crippen LogP contribution in [0.2, 0.25) is 0 Å². The zero-order valence-corrected chi connectivity index (χ0v) is 18.9. The predicted octanol–water partition coefficient (Wildman–Crippen LogP) is 4.30. The van der Waals surface area contributed by atoms with E-state index < -0.39 is 0 Å². The molecular formula is C23H21N7O2S. The van der Waals surface area contributed by atoms with Crippen LogP contribution in [0.25, 0.3) is 17.6 Å². The van der Waals surface area contributed by atoms with Gasteiger partial charge in [-0.15, -0.1) is 0 Å². The molecule has 1 aromatic carbocycles. The van der Waals surface area contributed by atoms with Crippen molar-refractivity contribution in [1.82, 2.24) is 24.7 Å². The molecule has 1 saturated heterocycles. The Balaban J connectivity index is 1.51. The van der Waals surface area contributed by atoms with Crippen molar-refractivity contribution in [3.8, 4) is 11.5 Å². The van der Waals surface area contributed by atoms with E-state index in [0.29, 0.717) is 16.6 Å². The standard InChI is InChI=1S/C23H21N7O2S/c1-15(2)12-18-16(14-29(25-18)17-8-4-3-5-9-17)13-19-22(31)30(23(24)33-19)21-20(26-32-27-21)28-10-6-7-11-28/h3-11,13-15,24H,12H2,1-2H3. The third kappa shape index (κ3) is 4.00. The third-order valence-electron chi connectivity index (χ3n) is 5.07. The normalized spacial score (nSPS) is 15.4. The average molecular weight is 460 g/mol. The lowest BCUT2D eigenvalue weighted by Gasteiger charge is -2.11. The minimum atomic E-state index is -0.350. The number of hydrogen-bond acceptors (Lipinski definition) is 7. The summed E-state index contributed by atoms with van der Waals surface area (Å²) in [7, 11) is 0. The lowest BCUT2D eigenvalue weighted by Crippen LogP contribution is -2.29. The second-order valence-electron chi connectivity index (χ2n) is 7.97. The summed E-state index contributed by atoms with van der Waals surface area (Å²) in [4.78, 5) is 14.9. The average Bonchev–Trinajstić information content (AvgIpc) is 3.57. The summed E-state index contributed by atoms with van der Waals surface area (Å²) in [5, 5.41) is 21.0. The van der Waals surface area contributed by atoms with Gasteiger partial charge in [0.05, 0.1) is 16.3 Å². The van der Waals surface area contributed by atoms with Crippen molar-refractivity contribution in [2.45, 2.75) is 20.3 Å². The van der Waals surface area contributed by atoms with E-state index in [0.717, 1.165) is 35.1 Å². The maximum absolute atomic E-state index is 13.3. The highest BCUT2D eigenvalue weighted by Crippen LogP contribution is 2.37. The SMILES string of the molecule is CC(C)Cc1nn(-c2ccccc2)cc1C=C1SC(=N)N(c2nonc2-n2cccc2)C1=O. The van der Waals surface area contributed by atoms with Crippen LogP contribution in [0, 0.1) is 11.3 Å². The number of hydrogen-bond donors (Lipinski definition) is 1. The Kier molecular flexibility index (Phi) is 5.43. The molecule has 9 nitrogen and oxygen atoms in total. The van der Waals surface area contributed by atoms with Crippen LogP contribution >= 0.6 is 11.8 Å². The van der Waals surface area contributed by atoms with Gasteiger partial charge in [-0.3, -0.25) is 10.2 Å². The Labute approximate surface area is 194 Å². The number of rotatable bonds is 6. The van der Waals surface area contributed by atoms with E-state index in [1.165, 1.54) is 4.90 Å². The van der Waals surface area contributed by atoms with Gasteiger partial charge >= 0.3 is 0 Å². The fourth-order valence-electron chi connectivity index (χ4n) is 3.58. The first-order valence-electron chi connectivity index (χ1n) is 10.4. The van der Waals surface area contributed by atoms with Crippen LogP contribution in [0.4, 0.5) is 5.82 Å². The molecule has 4 heterocycles.